The molecule has 108 valence electrons. The maximum absolute atomic E-state index is 11.2. The Kier molecular flexibility index (Phi) is 3.30. The molecule has 1 aromatic carbocycles. The van der Waals surface area contributed by atoms with Crippen LogP contribution in [0.2, 0.25) is 0 Å². The Morgan fingerprint density at radius 1 is 1.48 bits per heavy atom. The van der Waals surface area contributed by atoms with Gasteiger partial charge in [-0.25, -0.2) is 9.78 Å². The summed E-state index contributed by atoms with van der Waals surface area (Å²) >= 11 is 1.03. The van der Waals surface area contributed by atoms with Gasteiger partial charge in [0.1, 0.15) is 6.20 Å². The van der Waals surface area contributed by atoms with Gasteiger partial charge in [-0.15, -0.1) is 0 Å². The molecule has 1 aromatic heterocycles. The highest BCUT2D eigenvalue weighted by molar-refractivity contribution is 7.18. The van der Waals surface area contributed by atoms with E-state index in [1.807, 2.05) is 11.0 Å². The van der Waals surface area contributed by atoms with Crippen LogP contribution in [0.5, 0.6) is 0 Å². The van der Waals surface area contributed by atoms with Crippen LogP contribution < -0.4 is 4.90 Å². The van der Waals surface area contributed by atoms with Gasteiger partial charge in [-0.2, -0.15) is 0 Å². The molecule has 0 saturated carbocycles. The summed E-state index contributed by atoms with van der Waals surface area (Å²) < 4.78 is 0. The summed E-state index contributed by atoms with van der Waals surface area (Å²) in [6.45, 7) is 1.11. The molecule has 2 aromatic rings. The summed E-state index contributed by atoms with van der Waals surface area (Å²) in [6, 6.07) is 5.21. The van der Waals surface area contributed by atoms with E-state index in [1.54, 1.807) is 12.1 Å². The van der Waals surface area contributed by atoms with E-state index in [2.05, 4.69) is 4.98 Å². The van der Waals surface area contributed by atoms with E-state index in [9.17, 15) is 20.0 Å². The average molecular weight is 305 g/mol. The van der Waals surface area contributed by atoms with E-state index in [4.69, 9.17) is 0 Å². The summed E-state index contributed by atoms with van der Waals surface area (Å²) in [5.41, 5.74) is 2.10. The van der Waals surface area contributed by atoms with Gasteiger partial charge in [0, 0.05) is 13.1 Å². The third-order valence-corrected chi connectivity index (χ3v) is 4.44. The second-order valence-corrected chi connectivity index (χ2v) is 5.65. The van der Waals surface area contributed by atoms with E-state index in [0.717, 1.165) is 22.5 Å². The van der Waals surface area contributed by atoms with Crippen molar-refractivity contribution in [3.05, 3.63) is 51.2 Å². The zero-order valence-corrected chi connectivity index (χ0v) is 11.7. The van der Waals surface area contributed by atoms with Crippen LogP contribution in [-0.2, 0) is 13.0 Å². The van der Waals surface area contributed by atoms with Crippen LogP contribution in [0.1, 0.15) is 21.5 Å². The number of fused-ring (bicyclic) bond motifs is 1. The molecule has 2 heterocycles. The fourth-order valence-electron chi connectivity index (χ4n) is 2.46. The molecule has 8 heteroatoms. The zero-order chi connectivity index (χ0) is 15.0. The first-order valence-electron chi connectivity index (χ1n) is 6.25. The van der Waals surface area contributed by atoms with Crippen molar-refractivity contribution in [3.8, 4) is 0 Å². The fraction of sp³-hybridized carbons (Fsp3) is 0.231. The van der Waals surface area contributed by atoms with Crippen LogP contribution in [0.3, 0.4) is 0 Å². The standard InChI is InChI=1S/C13H11N3O4S/c17-12(18)10-3-1-2-8-7-15(5-4-9(8)10)13-14-6-11(21-13)16(19)20/h1-3,6H,4-5,7H2,(H,17,18). The molecule has 0 spiro atoms. The molecule has 0 fully saturated rings. The molecule has 7 nitrogen and oxygen atoms in total. The normalized spacial score (nSPS) is 13.8. The molecule has 0 radical (unpaired) electrons. The van der Waals surface area contributed by atoms with Crippen LogP contribution in [0.25, 0.3) is 0 Å². The highest BCUT2D eigenvalue weighted by Crippen LogP contribution is 2.32. The Balaban J connectivity index is 1.89. The molecule has 1 N–H and O–H groups in total. The maximum Gasteiger partial charge on any atom is 0.345 e. The lowest BCUT2D eigenvalue weighted by molar-refractivity contribution is -0.380. The van der Waals surface area contributed by atoms with Gasteiger partial charge in [-0.1, -0.05) is 12.1 Å². The SMILES string of the molecule is O=C(O)c1cccc2c1CCN(c1ncc([N+](=O)[O-])s1)C2. The largest absolute Gasteiger partial charge is 0.478 e. The third kappa shape index (κ3) is 2.45. The van der Waals surface area contributed by atoms with Gasteiger partial charge < -0.3 is 10.0 Å². The van der Waals surface area contributed by atoms with Crippen LogP contribution in [0, 0.1) is 10.1 Å². The molecule has 0 atom stereocenters. The van der Waals surface area contributed by atoms with Crippen LogP contribution in [0.4, 0.5) is 10.1 Å². The molecular formula is C13H11N3O4S. The number of aromatic nitrogens is 1. The highest BCUT2D eigenvalue weighted by atomic mass is 32.1. The van der Waals surface area contributed by atoms with Crippen LogP contribution >= 0.6 is 11.3 Å². The predicted molar refractivity (Wildman–Crippen MR) is 76.9 cm³/mol. The van der Waals surface area contributed by atoms with Crippen molar-refractivity contribution in [2.75, 3.05) is 11.4 Å². The van der Waals surface area contributed by atoms with Gasteiger partial charge in [0.25, 0.3) is 0 Å². The van der Waals surface area contributed by atoms with Gasteiger partial charge in [0.15, 0.2) is 5.13 Å². The lowest BCUT2D eigenvalue weighted by Crippen LogP contribution is -2.31. The topological polar surface area (TPSA) is 96.6 Å². The Morgan fingerprint density at radius 2 is 2.29 bits per heavy atom. The average Bonchev–Trinajstić information content (AvgIpc) is 2.96. The minimum atomic E-state index is -0.926. The second-order valence-electron chi connectivity index (χ2n) is 4.66. The predicted octanol–water partition coefficient (Wildman–Crippen LogP) is 2.31. The molecule has 1 aliphatic heterocycles. The monoisotopic (exact) mass is 305 g/mol. The molecule has 0 amide bonds. The van der Waals surface area contributed by atoms with E-state index in [1.165, 1.54) is 6.20 Å². The minimum absolute atomic E-state index is 0.00934. The quantitative estimate of drug-likeness (QED) is 0.690. The number of anilines is 1. The van der Waals surface area contributed by atoms with E-state index < -0.39 is 10.9 Å². The summed E-state index contributed by atoms with van der Waals surface area (Å²) in [6.07, 6.45) is 1.84. The third-order valence-electron chi connectivity index (χ3n) is 3.43. The molecule has 3 rings (SSSR count). The van der Waals surface area contributed by atoms with Crippen molar-refractivity contribution in [3.63, 3.8) is 0 Å². The molecule has 21 heavy (non-hydrogen) atoms. The molecule has 0 bridgehead atoms. The van der Waals surface area contributed by atoms with Crippen molar-refractivity contribution in [2.24, 2.45) is 0 Å². The molecule has 0 unspecified atom stereocenters. The number of carbonyl (C=O) groups is 1. The Bertz CT molecular complexity index is 728. The van der Waals surface area contributed by atoms with Crippen molar-refractivity contribution < 1.29 is 14.8 Å². The lowest BCUT2D eigenvalue weighted by atomic mass is 9.95. The van der Waals surface area contributed by atoms with Crippen LogP contribution in [0.15, 0.2) is 24.4 Å². The number of benzene rings is 1. The number of aromatic carboxylic acids is 1. The number of carboxylic acid groups (broad SMARTS) is 1. The fourth-order valence-corrected chi connectivity index (χ4v) is 3.22. The smallest absolute Gasteiger partial charge is 0.345 e. The van der Waals surface area contributed by atoms with Crippen molar-refractivity contribution in [1.29, 1.82) is 0 Å². The first kappa shape index (κ1) is 13.5. The lowest BCUT2D eigenvalue weighted by Gasteiger charge is -2.29. The molecular weight excluding hydrogens is 294 g/mol. The summed E-state index contributed by atoms with van der Waals surface area (Å²) in [4.78, 5) is 27.5. The zero-order valence-electron chi connectivity index (χ0n) is 10.9. The number of nitrogens with zero attached hydrogens (tertiary/aromatic N) is 3. The minimum Gasteiger partial charge on any atom is -0.478 e. The van der Waals surface area contributed by atoms with Gasteiger partial charge in [-0.05, 0) is 35.0 Å². The van der Waals surface area contributed by atoms with E-state index in [-0.39, 0.29) is 5.00 Å². The number of rotatable bonds is 3. The number of hydrogen-bond donors (Lipinski definition) is 1. The summed E-state index contributed by atoms with van der Waals surface area (Å²) in [7, 11) is 0. The number of nitro groups is 1. The first-order chi connectivity index (χ1) is 10.1. The van der Waals surface area contributed by atoms with Crippen molar-refractivity contribution >= 4 is 27.4 Å². The highest BCUT2D eigenvalue weighted by Gasteiger charge is 2.24. The van der Waals surface area contributed by atoms with Gasteiger partial charge in [0.05, 0.1) is 10.5 Å². The van der Waals surface area contributed by atoms with Crippen molar-refractivity contribution in [1.82, 2.24) is 4.98 Å². The van der Waals surface area contributed by atoms with Crippen molar-refractivity contribution in [2.45, 2.75) is 13.0 Å². The number of carboxylic acids is 1. The maximum atomic E-state index is 11.2. The Labute approximate surface area is 123 Å². The van der Waals surface area contributed by atoms with Crippen LogP contribution in [-0.4, -0.2) is 27.5 Å². The van der Waals surface area contributed by atoms with Gasteiger partial charge >= 0.3 is 11.0 Å². The second kappa shape index (κ2) is 5.13. The Morgan fingerprint density at radius 3 is 2.95 bits per heavy atom. The molecule has 0 saturated heterocycles. The summed E-state index contributed by atoms with van der Waals surface area (Å²) in [5.74, 6) is -0.926. The Hall–Kier alpha value is -2.48. The number of thiazole rings is 1. The van der Waals surface area contributed by atoms with E-state index in [0.29, 0.717) is 30.2 Å². The summed E-state index contributed by atoms with van der Waals surface area (Å²) in [5, 5.41) is 20.5. The molecule has 0 aliphatic carbocycles. The van der Waals surface area contributed by atoms with E-state index >= 15 is 0 Å². The molecule has 1 aliphatic rings. The number of hydrogen-bond acceptors (Lipinski definition) is 6. The van der Waals surface area contributed by atoms with Gasteiger partial charge in [-0.3, -0.25) is 10.1 Å². The van der Waals surface area contributed by atoms with Gasteiger partial charge in [0.2, 0.25) is 0 Å². The first-order valence-corrected chi connectivity index (χ1v) is 7.07.